The van der Waals surface area contributed by atoms with Gasteiger partial charge in [0.2, 0.25) is 17.7 Å². The Morgan fingerprint density at radius 1 is 1.50 bits per heavy atom. The fourth-order valence-electron chi connectivity index (χ4n) is 2.25. The van der Waals surface area contributed by atoms with Gasteiger partial charge in [0.25, 0.3) is 0 Å². The Hall–Kier alpha value is -2.06. The van der Waals surface area contributed by atoms with Crippen molar-refractivity contribution in [2.24, 2.45) is 0 Å². The van der Waals surface area contributed by atoms with Crippen LogP contribution in [0, 0.1) is 6.92 Å². The highest BCUT2D eigenvalue weighted by Crippen LogP contribution is 2.38. The van der Waals surface area contributed by atoms with Crippen molar-refractivity contribution in [3.8, 4) is 0 Å². The van der Waals surface area contributed by atoms with Crippen molar-refractivity contribution in [1.29, 1.82) is 0 Å². The molecule has 0 fully saturated rings. The van der Waals surface area contributed by atoms with Gasteiger partial charge >= 0.3 is 0 Å². The number of carbonyl (C=O) groups is 2. The summed E-state index contributed by atoms with van der Waals surface area (Å²) in [7, 11) is 0. The maximum atomic E-state index is 12.1. The number of hydrogen-bond acceptors (Lipinski definition) is 6. The average molecular weight is 367 g/mol. The number of rotatable bonds is 5. The molecule has 0 spiro atoms. The quantitative estimate of drug-likeness (QED) is 0.841. The van der Waals surface area contributed by atoms with Gasteiger partial charge in [-0.05, 0) is 25.1 Å². The second-order valence-corrected chi connectivity index (χ2v) is 6.96. The van der Waals surface area contributed by atoms with Gasteiger partial charge in [0.05, 0.1) is 10.9 Å². The number of aromatic nitrogens is 2. The van der Waals surface area contributed by atoms with Crippen LogP contribution in [-0.2, 0) is 16.0 Å². The second kappa shape index (κ2) is 7.23. The lowest BCUT2D eigenvalue weighted by atomic mass is 10.2. The van der Waals surface area contributed by atoms with Crippen LogP contribution in [0.5, 0.6) is 0 Å². The average Bonchev–Trinajstić information content (AvgIpc) is 2.94. The molecule has 0 saturated carbocycles. The van der Waals surface area contributed by atoms with Gasteiger partial charge < -0.3 is 15.2 Å². The molecule has 0 bridgehead atoms. The molecule has 126 valence electrons. The Labute approximate surface area is 147 Å². The topological polar surface area (TPSA) is 97.1 Å². The summed E-state index contributed by atoms with van der Waals surface area (Å²) in [6.07, 6.45) is 0.555. The number of halogens is 1. The van der Waals surface area contributed by atoms with Gasteiger partial charge in [-0.1, -0.05) is 16.8 Å². The zero-order valence-corrected chi connectivity index (χ0v) is 14.4. The molecule has 2 amide bonds. The van der Waals surface area contributed by atoms with E-state index in [0.29, 0.717) is 35.4 Å². The van der Waals surface area contributed by atoms with E-state index in [1.807, 2.05) is 6.07 Å². The second-order valence-electron chi connectivity index (χ2n) is 5.28. The fourth-order valence-corrected chi connectivity index (χ4v) is 3.51. The van der Waals surface area contributed by atoms with E-state index in [9.17, 15) is 9.59 Å². The minimum atomic E-state index is -0.468. The summed E-state index contributed by atoms with van der Waals surface area (Å²) in [5.41, 5.74) is 0.681. The predicted octanol–water partition coefficient (Wildman–Crippen LogP) is 2.19. The van der Waals surface area contributed by atoms with Crippen LogP contribution in [-0.4, -0.2) is 33.7 Å². The summed E-state index contributed by atoms with van der Waals surface area (Å²) < 4.78 is 4.97. The lowest BCUT2D eigenvalue weighted by Crippen LogP contribution is -2.35. The summed E-state index contributed by atoms with van der Waals surface area (Å²) in [5, 5.41) is 9.31. The van der Waals surface area contributed by atoms with Gasteiger partial charge in [0.15, 0.2) is 5.82 Å². The van der Waals surface area contributed by atoms with Crippen molar-refractivity contribution in [3.63, 3.8) is 0 Å². The molecule has 1 unspecified atom stereocenters. The number of anilines is 1. The lowest BCUT2D eigenvalue weighted by Gasteiger charge is -2.23. The van der Waals surface area contributed by atoms with Crippen LogP contribution in [0.1, 0.15) is 18.1 Å². The zero-order valence-electron chi connectivity index (χ0n) is 12.8. The summed E-state index contributed by atoms with van der Waals surface area (Å²) >= 11 is 7.28. The minimum absolute atomic E-state index is 0.0986. The Kier molecular flexibility index (Phi) is 5.06. The van der Waals surface area contributed by atoms with Crippen LogP contribution in [0.3, 0.4) is 0 Å². The molecule has 1 aromatic heterocycles. The molecular weight excluding hydrogens is 352 g/mol. The zero-order chi connectivity index (χ0) is 17.1. The predicted molar refractivity (Wildman–Crippen MR) is 90.1 cm³/mol. The standard InChI is InChI=1S/C15H15ClN4O3S/c1-8-18-14(23-20-8)4-5-17-13(21)7-12-15(22)19-10-6-9(16)2-3-11(10)24-12/h2-3,6,12H,4-5,7H2,1H3,(H,17,21)(H,19,22). The molecule has 7 nitrogen and oxygen atoms in total. The SMILES string of the molecule is Cc1noc(CCNC(=O)CC2Sc3ccc(Cl)cc3NC2=O)n1. The van der Waals surface area contributed by atoms with Crippen LogP contribution in [0.4, 0.5) is 5.69 Å². The summed E-state index contributed by atoms with van der Waals surface area (Å²) in [6, 6.07) is 5.30. The number of nitrogens with zero attached hydrogens (tertiary/aromatic N) is 2. The van der Waals surface area contributed by atoms with Crippen LogP contribution in [0.15, 0.2) is 27.6 Å². The third kappa shape index (κ3) is 4.07. The molecule has 2 heterocycles. The third-order valence-corrected chi connectivity index (χ3v) is 4.87. The maximum absolute atomic E-state index is 12.1. The first-order chi connectivity index (χ1) is 11.5. The first kappa shape index (κ1) is 16.8. The van der Waals surface area contributed by atoms with E-state index in [2.05, 4.69) is 20.8 Å². The molecule has 1 aliphatic heterocycles. The molecule has 1 aromatic carbocycles. The van der Waals surface area contributed by atoms with Gasteiger partial charge in [0.1, 0.15) is 0 Å². The van der Waals surface area contributed by atoms with E-state index in [0.717, 1.165) is 4.90 Å². The van der Waals surface area contributed by atoms with E-state index < -0.39 is 5.25 Å². The van der Waals surface area contributed by atoms with Crippen LogP contribution in [0.25, 0.3) is 0 Å². The summed E-state index contributed by atoms with van der Waals surface area (Å²) in [6.45, 7) is 2.11. The number of fused-ring (bicyclic) bond motifs is 1. The highest BCUT2D eigenvalue weighted by Gasteiger charge is 2.29. The van der Waals surface area contributed by atoms with E-state index in [-0.39, 0.29) is 18.2 Å². The van der Waals surface area contributed by atoms with E-state index in [1.54, 1.807) is 19.1 Å². The fraction of sp³-hybridized carbons (Fsp3) is 0.333. The molecule has 2 N–H and O–H groups in total. The molecule has 2 aromatic rings. The normalized spacial score (nSPS) is 16.4. The molecular formula is C15H15ClN4O3S. The number of carbonyl (C=O) groups excluding carboxylic acids is 2. The van der Waals surface area contributed by atoms with Crippen molar-refractivity contribution < 1.29 is 14.1 Å². The van der Waals surface area contributed by atoms with Crippen LogP contribution < -0.4 is 10.6 Å². The minimum Gasteiger partial charge on any atom is -0.356 e. The number of nitrogens with one attached hydrogen (secondary N) is 2. The molecule has 3 rings (SSSR count). The van der Waals surface area contributed by atoms with E-state index in [4.69, 9.17) is 16.1 Å². The summed E-state index contributed by atoms with van der Waals surface area (Å²) in [5.74, 6) is 0.641. The van der Waals surface area contributed by atoms with Crippen LogP contribution in [0.2, 0.25) is 5.02 Å². The third-order valence-electron chi connectivity index (χ3n) is 3.36. The number of aryl methyl sites for hydroxylation is 1. The highest BCUT2D eigenvalue weighted by atomic mass is 35.5. The molecule has 24 heavy (non-hydrogen) atoms. The first-order valence-corrected chi connectivity index (χ1v) is 8.60. The smallest absolute Gasteiger partial charge is 0.238 e. The Morgan fingerprint density at radius 2 is 2.33 bits per heavy atom. The van der Waals surface area contributed by atoms with Gasteiger partial charge in [-0.2, -0.15) is 4.98 Å². The van der Waals surface area contributed by atoms with E-state index in [1.165, 1.54) is 11.8 Å². The van der Waals surface area contributed by atoms with Gasteiger partial charge in [-0.25, -0.2) is 0 Å². The Balaban J connectivity index is 1.51. The van der Waals surface area contributed by atoms with Crippen molar-refractivity contribution in [1.82, 2.24) is 15.5 Å². The molecule has 1 atom stereocenters. The molecule has 9 heteroatoms. The number of thioether (sulfide) groups is 1. The molecule has 0 radical (unpaired) electrons. The van der Waals surface area contributed by atoms with Crippen molar-refractivity contribution in [3.05, 3.63) is 34.9 Å². The molecule has 0 saturated heterocycles. The van der Waals surface area contributed by atoms with Gasteiger partial charge in [0, 0.05) is 29.3 Å². The lowest BCUT2D eigenvalue weighted by molar-refractivity contribution is -0.124. The Bertz CT molecular complexity index is 780. The molecule has 0 aliphatic carbocycles. The Morgan fingerprint density at radius 3 is 3.08 bits per heavy atom. The van der Waals surface area contributed by atoms with E-state index >= 15 is 0 Å². The highest BCUT2D eigenvalue weighted by molar-refractivity contribution is 8.01. The van der Waals surface area contributed by atoms with Crippen LogP contribution >= 0.6 is 23.4 Å². The number of hydrogen-bond donors (Lipinski definition) is 2. The van der Waals surface area contributed by atoms with Crippen molar-refractivity contribution in [2.75, 3.05) is 11.9 Å². The van der Waals surface area contributed by atoms with Crippen molar-refractivity contribution >= 4 is 40.9 Å². The largest absolute Gasteiger partial charge is 0.356 e. The number of amides is 2. The van der Waals surface area contributed by atoms with Gasteiger partial charge in [-0.15, -0.1) is 11.8 Å². The van der Waals surface area contributed by atoms with Crippen molar-refractivity contribution in [2.45, 2.75) is 29.9 Å². The molecule has 1 aliphatic rings. The summed E-state index contributed by atoms with van der Waals surface area (Å²) in [4.78, 5) is 29.1. The maximum Gasteiger partial charge on any atom is 0.238 e. The monoisotopic (exact) mass is 366 g/mol. The first-order valence-electron chi connectivity index (χ1n) is 7.34. The van der Waals surface area contributed by atoms with Gasteiger partial charge in [-0.3, -0.25) is 9.59 Å². The number of benzene rings is 1.